The van der Waals surface area contributed by atoms with Gasteiger partial charge >= 0.3 is 0 Å². The predicted molar refractivity (Wildman–Crippen MR) is 153 cm³/mol. The highest BCUT2D eigenvalue weighted by Crippen LogP contribution is 2.48. The van der Waals surface area contributed by atoms with E-state index >= 15 is 0 Å². The molecule has 3 fully saturated rings. The number of nitrogens with zero attached hydrogens (tertiary/aromatic N) is 4. The molecule has 2 atom stereocenters. The first-order valence-electron chi connectivity index (χ1n) is 13.7. The zero-order chi connectivity index (χ0) is 26.3. The van der Waals surface area contributed by atoms with Gasteiger partial charge in [0.25, 0.3) is 0 Å². The van der Waals surface area contributed by atoms with Gasteiger partial charge in [0.2, 0.25) is 5.91 Å². The fraction of sp³-hybridized carbons (Fsp3) is 0.367. The first-order chi connectivity index (χ1) is 19.1. The van der Waals surface area contributed by atoms with Crippen LogP contribution < -0.4 is 15.5 Å². The summed E-state index contributed by atoms with van der Waals surface area (Å²) in [5, 5.41) is 7.14. The second kappa shape index (κ2) is 10.2. The number of ether oxygens (including phenoxy) is 1. The van der Waals surface area contributed by atoms with E-state index in [2.05, 4.69) is 43.4 Å². The number of aromatic nitrogens is 3. The molecule has 3 aromatic heterocycles. The van der Waals surface area contributed by atoms with Crippen LogP contribution >= 0.6 is 11.6 Å². The van der Waals surface area contributed by atoms with Crippen molar-refractivity contribution in [2.45, 2.75) is 37.6 Å². The van der Waals surface area contributed by atoms with Crippen LogP contribution in [-0.4, -0.2) is 46.6 Å². The van der Waals surface area contributed by atoms with Gasteiger partial charge in [0, 0.05) is 54.4 Å². The second-order valence-electron chi connectivity index (χ2n) is 10.8. The standard InChI is InChI=1S/C30H31ClN6O2/c31-22-3-1-2-20(12-22)25-15-26(25)30(38)35-28-14-23(6-7-32-28)33-16-24-18-37-17-21(19-4-5-19)13-27(29(37)34-24)36-8-10-39-11-9-36/h1-3,6-7,12-14,17-19,25-26H,4-5,8-11,15-16H2,(H2,32,33,35,38)/t25-,26+/m1/s1. The van der Waals surface area contributed by atoms with Crippen LogP contribution in [0.1, 0.15) is 47.9 Å². The van der Waals surface area contributed by atoms with Gasteiger partial charge in [0.15, 0.2) is 5.65 Å². The van der Waals surface area contributed by atoms with Gasteiger partial charge in [0.1, 0.15) is 5.82 Å². The number of rotatable bonds is 8. The lowest BCUT2D eigenvalue weighted by Gasteiger charge is -2.29. The Balaban J connectivity index is 1.03. The Morgan fingerprint density at radius 1 is 1.08 bits per heavy atom. The number of pyridine rings is 2. The molecule has 7 rings (SSSR count). The molecule has 9 heteroatoms. The molecule has 0 unspecified atom stereocenters. The number of hydrogen-bond donors (Lipinski definition) is 2. The van der Waals surface area contributed by atoms with E-state index in [1.165, 1.54) is 24.1 Å². The molecule has 4 aromatic rings. The maximum Gasteiger partial charge on any atom is 0.229 e. The third-order valence-corrected chi connectivity index (χ3v) is 8.13. The lowest BCUT2D eigenvalue weighted by atomic mass is 10.1. The Hall–Kier alpha value is -3.62. The molecule has 39 heavy (non-hydrogen) atoms. The van der Waals surface area contributed by atoms with Crippen LogP contribution in [0.3, 0.4) is 0 Å². The summed E-state index contributed by atoms with van der Waals surface area (Å²) in [6.07, 6.45) is 9.42. The molecule has 3 aliphatic rings. The topological polar surface area (TPSA) is 83.8 Å². The number of halogens is 1. The van der Waals surface area contributed by atoms with Crippen molar-refractivity contribution in [2.24, 2.45) is 5.92 Å². The predicted octanol–water partition coefficient (Wildman–Crippen LogP) is 5.45. The summed E-state index contributed by atoms with van der Waals surface area (Å²) in [4.78, 5) is 24.6. The molecule has 2 saturated carbocycles. The third kappa shape index (κ3) is 5.31. The molecule has 4 heterocycles. The fourth-order valence-electron chi connectivity index (χ4n) is 5.53. The molecule has 1 saturated heterocycles. The number of carbonyl (C=O) groups is 1. The Labute approximate surface area is 232 Å². The molecule has 1 aromatic carbocycles. The molecular weight excluding hydrogens is 512 g/mol. The van der Waals surface area contributed by atoms with Crippen LogP contribution in [0.25, 0.3) is 5.65 Å². The normalized spacial score (nSPS) is 20.7. The maximum atomic E-state index is 12.8. The number of hydrogen-bond acceptors (Lipinski definition) is 6. The molecule has 2 aliphatic carbocycles. The minimum Gasteiger partial charge on any atom is -0.379 e. The van der Waals surface area contributed by atoms with E-state index in [4.69, 9.17) is 21.3 Å². The van der Waals surface area contributed by atoms with Gasteiger partial charge in [-0.2, -0.15) is 0 Å². The number of anilines is 3. The van der Waals surface area contributed by atoms with Crippen molar-refractivity contribution in [3.63, 3.8) is 0 Å². The Morgan fingerprint density at radius 3 is 2.77 bits per heavy atom. The minimum absolute atomic E-state index is 0.00733. The highest BCUT2D eigenvalue weighted by Gasteiger charge is 2.44. The van der Waals surface area contributed by atoms with Gasteiger partial charge in [-0.1, -0.05) is 23.7 Å². The summed E-state index contributed by atoms with van der Waals surface area (Å²) in [6.45, 7) is 3.84. The van der Waals surface area contributed by atoms with Gasteiger partial charge < -0.3 is 24.7 Å². The van der Waals surface area contributed by atoms with Gasteiger partial charge in [0.05, 0.1) is 31.1 Å². The quantitative estimate of drug-likeness (QED) is 0.308. The first-order valence-corrected chi connectivity index (χ1v) is 14.1. The number of morpholine rings is 1. The van der Waals surface area contributed by atoms with Gasteiger partial charge in [-0.15, -0.1) is 0 Å². The summed E-state index contributed by atoms with van der Waals surface area (Å²) in [6, 6.07) is 13.9. The average Bonchev–Trinajstić information content (AvgIpc) is 3.88. The zero-order valence-corrected chi connectivity index (χ0v) is 22.4. The molecule has 8 nitrogen and oxygen atoms in total. The number of amides is 1. The lowest BCUT2D eigenvalue weighted by Crippen LogP contribution is -2.36. The summed E-state index contributed by atoms with van der Waals surface area (Å²) in [5.41, 5.74) is 6.52. The number of carbonyl (C=O) groups excluding carboxylic acids is 1. The van der Waals surface area contributed by atoms with E-state index in [0.717, 1.165) is 55.3 Å². The van der Waals surface area contributed by atoms with E-state index < -0.39 is 0 Å². The third-order valence-electron chi connectivity index (χ3n) is 7.89. The summed E-state index contributed by atoms with van der Waals surface area (Å²) >= 11 is 6.12. The molecular formula is C30H31ClN6O2. The van der Waals surface area contributed by atoms with Crippen molar-refractivity contribution in [1.82, 2.24) is 14.4 Å². The first kappa shape index (κ1) is 24.4. The maximum absolute atomic E-state index is 12.8. The molecule has 0 spiro atoms. The van der Waals surface area contributed by atoms with E-state index in [0.29, 0.717) is 23.3 Å². The number of imidazole rings is 1. The average molecular weight is 543 g/mol. The highest BCUT2D eigenvalue weighted by molar-refractivity contribution is 6.30. The molecule has 0 radical (unpaired) electrons. The Kier molecular flexibility index (Phi) is 6.37. The van der Waals surface area contributed by atoms with Crippen LogP contribution in [0.2, 0.25) is 5.02 Å². The van der Waals surface area contributed by atoms with Gasteiger partial charge in [-0.25, -0.2) is 9.97 Å². The number of fused-ring (bicyclic) bond motifs is 1. The monoisotopic (exact) mass is 542 g/mol. The highest BCUT2D eigenvalue weighted by atomic mass is 35.5. The van der Waals surface area contributed by atoms with Crippen LogP contribution in [0.15, 0.2) is 61.1 Å². The van der Waals surface area contributed by atoms with E-state index in [-0.39, 0.29) is 17.7 Å². The van der Waals surface area contributed by atoms with Gasteiger partial charge in [-0.05, 0) is 66.5 Å². The van der Waals surface area contributed by atoms with Crippen LogP contribution in [0.5, 0.6) is 0 Å². The van der Waals surface area contributed by atoms with Crippen molar-refractivity contribution >= 4 is 40.3 Å². The lowest BCUT2D eigenvalue weighted by molar-refractivity contribution is -0.117. The molecule has 1 aliphatic heterocycles. The van der Waals surface area contributed by atoms with E-state index in [1.807, 2.05) is 36.4 Å². The van der Waals surface area contributed by atoms with Crippen molar-refractivity contribution < 1.29 is 9.53 Å². The smallest absolute Gasteiger partial charge is 0.229 e. The number of nitrogens with one attached hydrogen (secondary N) is 2. The van der Waals surface area contributed by atoms with Crippen molar-refractivity contribution in [1.29, 1.82) is 0 Å². The largest absolute Gasteiger partial charge is 0.379 e. The molecule has 0 bridgehead atoms. The van der Waals surface area contributed by atoms with Crippen molar-refractivity contribution in [3.8, 4) is 0 Å². The molecule has 2 N–H and O–H groups in total. The van der Waals surface area contributed by atoms with Crippen LogP contribution in [0.4, 0.5) is 17.2 Å². The van der Waals surface area contributed by atoms with Crippen LogP contribution in [-0.2, 0) is 16.1 Å². The zero-order valence-electron chi connectivity index (χ0n) is 21.6. The van der Waals surface area contributed by atoms with E-state index in [9.17, 15) is 4.79 Å². The Morgan fingerprint density at radius 2 is 1.95 bits per heavy atom. The SMILES string of the molecule is O=C(Nc1cc(NCc2cn3cc(C4CC4)cc(N4CCOCC4)c3n2)ccn1)[C@H]1C[C@@H]1c1cccc(Cl)c1. The van der Waals surface area contributed by atoms with Gasteiger partial charge in [-0.3, -0.25) is 4.79 Å². The Bertz CT molecular complexity index is 1530. The molecule has 1 amide bonds. The second-order valence-corrected chi connectivity index (χ2v) is 11.2. The summed E-state index contributed by atoms with van der Waals surface area (Å²) in [7, 11) is 0. The molecule has 200 valence electrons. The fourth-order valence-corrected chi connectivity index (χ4v) is 5.72. The van der Waals surface area contributed by atoms with Crippen molar-refractivity contribution in [2.75, 3.05) is 41.8 Å². The van der Waals surface area contributed by atoms with Crippen LogP contribution in [0, 0.1) is 5.92 Å². The summed E-state index contributed by atoms with van der Waals surface area (Å²) < 4.78 is 7.76. The number of benzene rings is 1. The summed E-state index contributed by atoms with van der Waals surface area (Å²) in [5.74, 6) is 1.36. The van der Waals surface area contributed by atoms with E-state index in [1.54, 1.807) is 6.20 Å². The van der Waals surface area contributed by atoms with Crippen molar-refractivity contribution in [3.05, 3.63) is 82.9 Å². The minimum atomic E-state index is -0.0546.